The molecule has 0 saturated carbocycles. The number of benzene rings is 1. The first-order chi connectivity index (χ1) is 6.09. The van der Waals surface area contributed by atoms with E-state index in [2.05, 4.69) is 0 Å². The highest BCUT2D eigenvalue weighted by Gasteiger charge is 2.06. The van der Waals surface area contributed by atoms with E-state index in [9.17, 15) is 10.1 Å². The number of nitrogens with zero attached hydrogens (tertiary/aromatic N) is 1. The second-order valence-corrected chi connectivity index (χ2v) is 3.21. The van der Waals surface area contributed by atoms with Gasteiger partial charge in [0.2, 0.25) is 0 Å². The Morgan fingerprint density at radius 3 is 2.71 bits per heavy atom. The number of rotatable bonds is 3. The van der Waals surface area contributed by atoms with Crippen molar-refractivity contribution in [1.82, 2.24) is 0 Å². The minimum atomic E-state index is -0.498. The van der Waals surface area contributed by atoms with Crippen LogP contribution >= 0.6 is 24.0 Å². The summed E-state index contributed by atoms with van der Waals surface area (Å²) < 4.78 is 0. The van der Waals surface area contributed by atoms with Gasteiger partial charge in [0.15, 0.2) is 0 Å². The smallest absolute Gasteiger partial charge is 0.269 e. The van der Waals surface area contributed by atoms with E-state index < -0.39 is 10.4 Å². The lowest BCUT2D eigenvalue weighted by Crippen LogP contribution is -2.14. The van der Waals surface area contributed by atoms with Crippen molar-refractivity contribution in [2.75, 3.05) is 0 Å². The zero-order valence-corrected chi connectivity index (χ0v) is 8.79. The Morgan fingerprint density at radius 1 is 1.57 bits per heavy atom. The molecular weight excluding hydrogens is 227 g/mol. The number of alkyl halides is 1. The maximum absolute atomic E-state index is 10.4. The van der Waals surface area contributed by atoms with E-state index >= 15 is 0 Å². The van der Waals surface area contributed by atoms with Crippen LogP contribution in [0.5, 0.6) is 0 Å². The summed E-state index contributed by atoms with van der Waals surface area (Å²) in [4.78, 5) is 9.94. The summed E-state index contributed by atoms with van der Waals surface area (Å²) in [5, 5.41) is 10.4. The van der Waals surface area contributed by atoms with Crippen LogP contribution in [0.3, 0.4) is 0 Å². The molecule has 0 fully saturated rings. The van der Waals surface area contributed by atoms with Crippen molar-refractivity contribution in [2.45, 2.75) is 11.9 Å². The maximum Gasteiger partial charge on any atom is 0.269 e. The van der Waals surface area contributed by atoms with Crippen molar-refractivity contribution in [3.63, 3.8) is 0 Å². The van der Waals surface area contributed by atoms with E-state index in [0.717, 1.165) is 5.56 Å². The molecule has 0 bridgehead atoms. The molecule has 2 N–H and O–H groups in total. The molecule has 1 atom stereocenters. The van der Waals surface area contributed by atoms with Crippen LogP contribution in [0.1, 0.15) is 5.56 Å². The summed E-state index contributed by atoms with van der Waals surface area (Å²) in [6.07, 6.45) is 0.434. The van der Waals surface area contributed by atoms with Gasteiger partial charge in [-0.3, -0.25) is 10.1 Å². The third-order valence-corrected chi connectivity index (χ3v) is 1.71. The van der Waals surface area contributed by atoms with Gasteiger partial charge < -0.3 is 5.73 Å². The largest absolute Gasteiger partial charge is 0.315 e. The van der Waals surface area contributed by atoms with Crippen molar-refractivity contribution in [3.8, 4) is 0 Å². The molecule has 0 aromatic heterocycles. The lowest BCUT2D eigenvalue weighted by Gasteiger charge is -2.02. The minimum absolute atomic E-state index is 0. The third-order valence-electron chi connectivity index (χ3n) is 1.55. The van der Waals surface area contributed by atoms with Crippen molar-refractivity contribution in [1.29, 1.82) is 0 Å². The van der Waals surface area contributed by atoms with Crippen molar-refractivity contribution in [2.24, 2.45) is 5.73 Å². The molecule has 0 aliphatic rings. The maximum atomic E-state index is 10.4. The van der Waals surface area contributed by atoms with Gasteiger partial charge in [-0.1, -0.05) is 12.1 Å². The van der Waals surface area contributed by atoms with Crippen LogP contribution in [0.15, 0.2) is 24.3 Å². The average molecular weight is 237 g/mol. The molecule has 0 heterocycles. The molecule has 0 aliphatic heterocycles. The molecule has 78 valence electrons. The Balaban J connectivity index is 0.00000169. The van der Waals surface area contributed by atoms with Crippen LogP contribution in [0.2, 0.25) is 0 Å². The Labute approximate surface area is 92.6 Å². The molecule has 0 spiro atoms. The quantitative estimate of drug-likeness (QED) is 0.378. The predicted octanol–water partition coefficient (Wildman–Crippen LogP) is 2.08. The monoisotopic (exact) mass is 236 g/mol. The molecule has 0 radical (unpaired) electrons. The number of halogens is 2. The summed E-state index contributed by atoms with van der Waals surface area (Å²) in [7, 11) is 0. The molecule has 1 rings (SSSR count). The molecule has 4 nitrogen and oxygen atoms in total. The van der Waals surface area contributed by atoms with Crippen LogP contribution in [0.25, 0.3) is 0 Å². The fraction of sp³-hybridized carbons (Fsp3) is 0.250. The van der Waals surface area contributed by atoms with Crippen LogP contribution in [0, 0.1) is 10.1 Å². The number of nitro groups is 1. The highest BCUT2D eigenvalue weighted by atomic mass is 35.5. The Kier molecular flexibility index (Phi) is 5.45. The molecule has 1 unspecified atom stereocenters. The van der Waals surface area contributed by atoms with Gasteiger partial charge in [-0.2, -0.15) is 0 Å². The van der Waals surface area contributed by atoms with Crippen molar-refractivity contribution < 1.29 is 4.92 Å². The minimum Gasteiger partial charge on any atom is -0.315 e. The number of hydrogen-bond acceptors (Lipinski definition) is 3. The summed E-state index contributed by atoms with van der Waals surface area (Å²) in [5.41, 5.74) is 5.69. The van der Waals surface area contributed by atoms with Gasteiger partial charge in [0.05, 0.1) is 10.4 Å². The summed E-state index contributed by atoms with van der Waals surface area (Å²) >= 11 is 5.55. The van der Waals surface area contributed by atoms with Crippen LogP contribution in [0.4, 0.5) is 5.69 Å². The highest BCUT2D eigenvalue weighted by Crippen LogP contribution is 2.14. The SMILES string of the molecule is Cl.NC(Cl)Cc1cccc([N+](=O)[O-])c1. The number of nitrogens with two attached hydrogens (primary N) is 1. The van der Waals surface area contributed by atoms with E-state index in [-0.39, 0.29) is 18.1 Å². The Hall–Kier alpha value is -0.840. The molecule has 1 aromatic rings. The van der Waals surface area contributed by atoms with E-state index in [1.807, 2.05) is 0 Å². The topological polar surface area (TPSA) is 69.2 Å². The van der Waals surface area contributed by atoms with Gasteiger partial charge in [-0.25, -0.2) is 0 Å². The lowest BCUT2D eigenvalue weighted by molar-refractivity contribution is -0.384. The summed E-state index contributed by atoms with van der Waals surface area (Å²) in [6.45, 7) is 0. The average Bonchev–Trinajstić information content (AvgIpc) is 2.03. The van der Waals surface area contributed by atoms with Gasteiger partial charge >= 0.3 is 0 Å². The second kappa shape index (κ2) is 5.80. The third kappa shape index (κ3) is 3.91. The molecule has 0 saturated heterocycles. The fourth-order valence-corrected chi connectivity index (χ4v) is 1.20. The zero-order chi connectivity index (χ0) is 9.84. The second-order valence-electron chi connectivity index (χ2n) is 2.65. The van der Waals surface area contributed by atoms with Gasteiger partial charge in [-0.15, -0.1) is 24.0 Å². The van der Waals surface area contributed by atoms with E-state index in [4.69, 9.17) is 17.3 Å². The van der Waals surface area contributed by atoms with Crippen LogP contribution < -0.4 is 5.73 Å². The first-order valence-corrected chi connectivity index (χ1v) is 4.16. The molecular formula is C8H10Cl2N2O2. The first kappa shape index (κ1) is 13.2. The Bertz CT molecular complexity index is 318. The van der Waals surface area contributed by atoms with Crippen molar-refractivity contribution >= 4 is 29.7 Å². The van der Waals surface area contributed by atoms with Crippen molar-refractivity contribution in [3.05, 3.63) is 39.9 Å². The van der Waals surface area contributed by atoms with Crippen LogP contribution in [-0.4, -0.2) is 10.4 Å². The van der Waals surface area contributed by atoms with Crippen LogP contribution in [-0.2, 0) is 6.42 Å². The molecule has 6 heteroatoms. The van der Waals surface area contributed by atoms with Gasteiger partial charge in [0.25, 0.3) is 5.69 Å². The number of nitro benzene ring substituents is 1. The van der Waals surface area contributed by atoms with E-state index in [1.54, 1.807) is 12.1 Å². The predicted molar refractivity (Wildman–Crippen MR) is 57.9 cm³/mol. The number of non-ortho nitro benzene ring substituents is 1. The van der Waals surface area contributed by atoms with E-state index in [0.29, 0.717) is 6.42 Å². The summed E-state index contributed by atoms with van der Waals surface area (Å²) in [6, 6.07) is 6.29. The molecule has 0 amide bonds. The van der Waals surface area contributed by atoms with E-state index in [1.165, 1.54) is 12.1 Å². The summed E-state index contributed by atoms with van der Waals surface area (Å²) in [5.74, 6) is 0. The lowest BCUT2D eigenvalue weighted by atomic mass is 10.1. The fourth-order valence-electron chi connectivity index (χ4n) is 1.02. The molecule has 0 aliphatic carbocycles. The van der Waals surface area contributed by atoms with Gasteiger partial charge in [0.1, 0.15) is 0 Å². The zero-order valence-electron chi connectivity index (χ0n) is 7.22. The normalized spacial score (nSPS) is 11.6. The van der Waals surface area contributed by atoms with Gasteiger partial charge in [-0.05, 0) is 5.56 Å². The highest BCUT2D eigenvalue weighted by molar-refractivity contribution is 6.20. The first-order valence-electron chi connectivity index (χ1n) is 3.72. The van der Waals surface area contributed by atoms with Gasteiger partial charge in [0, 0.05) is 18.6 Å². The molecule has 14 heavy (non-hydrogen) atoms. The Morgan fingerprint density at radius 2 is 2.21 bits per heavy atom. The standard InChI is InChI=1S/C8H9ClN2O2.ClH/c9-8(10)5-6-2-1-3-7(4-6)11(12)13;/h1-4,8H,5,10H2;1H. The molecule has 1 aromatic carbocycles. The number of hydrogen-bond donors (Lipinski definition) is 1.